The zero-order valence-electron chi connectivity index (χ0n) is 13.1. The number of ether oxygens (including phenoxy) is 1. The maximum Gasteiger partial charge on any atom is 0.344 e. The van der Waals surface area contributed by atoms with Crippen LogP contribution < -0.4 is 10.1 Å². The summed E-state index contributed by atoms with van der Waals surface area (Å²) < 4.78 is 6.20. The molecule has 0 bridgehead atoms. The molecule has 0 unspecified atom stereocenters. The number of rotatable bonds is 4. The molecular formula is C20H14INO3. The molecule has 4 nitrogen and oxygen atoms in total. The van der Waals surface area contributed by atoms with Crippen molar-refractivity contribution in [3.8, 4) is 5.75 Å². The molecule has 0 spiro atoms. The van der Waals surface area contributed by atoms with Crippen LogP contribution in [0.3, 0.4) is 0 Å². The fourth-order valence-corrected chi connectivity index (χ4v) is 2.80. The van der Waals surface area contributed by atoms with Crippen molar-refractivity contribution in [2.45, 2.75) is 0 Å². The van der Waals surface area contributed by atoms with Crippen LogP contribution in [0.1, 0.15) is 20.7 Å². The fraction of sp³-hybridized carbons (Fsp3) is 0. The van der Waals surface area contributed by atoms with E-state index in [0.717, 1.165) is 3.57 Å². The molecule has 25 heavy (non-hydrogen) atoms. The van der Waals surface area contributed by atoms with Crippen molar-refractivity contribution in [2.24, 2.45) is 0 Å². The van der Waals surface area contributed by atoms with Crippen LogP contribution in [0.5, 0.6) is 5.75 Å². The second-order valence-corrected chi connectivity index (χ2v) is 6.38. The molecule has 0 saturated carbocycles. The summed E-state index contributed by atoms with van der Waals surface area (Å²) in [7, 11) is 0. The molecule has 3 rings (SSSR count). The van der Waals surface area contributed by atoms with Crippen molar-refractivity contribution in [3.05, 3.63) is 93.6 Å². The van der Waals surface area contributed by atoms with E-state index in [1.54, 1.807) is 48.5 Å². The maximum absolute atomic E-state index is 12.2. The number of nitrogens with one attached hydrogen (secondary N) is 1. The van der Waals surface area contributed by atoms with Gasteiger partial charge < -0.3 is 10.1 Å². The Morgan fingerprint density at radius 1 is 0.800 bits per heavy atom. The molecule has 0 aliphatic heterocycles. The van der Waals surface area contributed by atoms with Gasteiger partial charge in [-0.05, 0) is 71.1 Å². The van der Waals surface area contributed by atoms with Crippen LogP contribution in [0.25, 0.3) is 0 Å². The Kier molecular flexibility index (Phi) is 5.45. The van der Waals surface area contributed by atoms with Crippen LogP contribution in [0.4, 0.5) is 5.69 Å². The fourth-order valence-electron chi connectivity index (χ4n) is 2.19. The molecule has 0 aliphatic rings. The molecule has 124 valence electrons. The largest absolute Gasteiger partial charge is 0.423 e. The van der Waals surface area contributed by atoms with Crippen molar-refractivity contribution in [1.29, 1.82) is 0 Å². The van der Waals surface area contributed by atoms with Gasteiger partial charge in [-0.25, -0.2) is 4.79 Å². The van der Waals surface area contributed by atoms with Gasteiger partial charge in [0.25, 0.3) is 5.91 Å². The van der Waals surface area contributed by atoms with Crippen molar-refractivity contribution in [1.82, 2.24) is 0 Å². The molecule has 0 radical (unpaired) electrons. The Labute approximate surface area is 159 Å². The highest BCUT2D eigenvalue weighted by Crippen LogP contribution is 2.19. The molecule has 1 N–H and O–H groups in total. The van der Waals surface area contributed by atoms with Gasteiger partial charge in [-0.1, -0.05) is 30.3 Å². The van der Waals surface area contributed by atoms with Gasteiger partial charge in [0.05, 0.1) is 5.56 Å². The summed E-state index contributed by atoms with van der Waals surface area (Å²) in [4.78, 5) is 24.3. The molecule has 0 aliphatic carbocycles. The van der Waals surface area contributed by atoms with E-state index in [9.17, 15) is 9.59 Å². The molecule has 0 atom stereocenters. The van der Waals surface area contributed by atoms with Gasteiger partial charge in [0, 0.05) is 14.8 Å². The minimum atomic E-state index is -0.411. The predicted molar refractivity (Wildman–Crippen MR) is 105 cm³/mol. The van der Waals surface area contributed by atoms with E-state index in [0.29, 0.717) is 22.6 Å². The summed E-state index contributed by atoms with van der Waals surface area (Å²) >= 11 is 2.09. The van der Waals surface area contributed by atoms with Crippen molar-refractivity contribution >= 4 is 40.2 Å². The average molecular weight is 443 g/mol. The van der Waals surface area contributed by atoms with Crippen LogP contribution in [0.15, 0.2) is 78.9 Å². The summed E-state index contributed by atoms with van der Waals surface area (Å²) in [5, 5.41) is 2.80. The first-order valence-corrected chi connectivity index (χ1v) is 8.64. The Morgan fingerprint density at radius 2 is 1.44 bits per heavy atom. The number of anilines is 1. The van der Waals surface area contributed by atoms with Crippen molar-refractivity contribution in [2.75, 3.05) is 5.32 Å². The van der Waals surface area contributed by atoms with E-state index in [2.05, 4.69) is 27.9 Å². The lowest BCUT2D eigenvalue weighted by Crippen LogP contribution is -2.12. The lowest BCUT2D eigenvalue weighted by atomic mass is 10.2. The number of hydrogen-bond donors (Lipinski definition) is 1. The van der Waals surface area contributed by atoms with Crippen molar-refractivity contribution < 1.29 is 14.3 Å². The standard InChI is InChI=1S/C20H14INO3/c21-18-9-5-4-8-17(18)20(24)25-16-12-10-15(11-13-16)22-19(23)14-6-2-1-3-7-14/h1-13H,(H,22,23). The van der Waals surface area contributed by atoms with E-state index < -0.39 is 5.97 Å². The minimum absolute atomic E-state index is 0.191. The lowest BCUT2D eigenvalue weighted by molar-refractivity contribution is 0.0733. The number of esters is 1. The normalized spacial score (nSPS) is 10.1. The molecule has 3 aromatic rings. The number of amides is 1. The number of carbonyl (C=O) groups is 2. The molecule has 0 heterocycles. The summed E-state index contributed by atoms with van der Waals surface area (Å²) in [6.45, 7) is 0. The Balaban J connectivity index is 1.65. The third-order valence-corrected chi connectivity index (χ3v) is 4.39. The maximum atomic E-state index is 12.2. The zero-order chi connectivity index (χ0) is 17.6. The van der Waals surface area contributed by atoms with Crippen LogP contribution in [-0.2, 0) is 0 Å². The highest BCUT2D eigenvalue weighted by atomic mass is 127. The van der Waals surface area contributed by atoms with E-state index in [1.165, 1.54) is 0 Å². The molecule has 0 aromatic heterocycles. The summed E-state index contributed by atoms with van der Waals surface area (Å²) in [5.41, 5.74) is 1.73. The molecule has 0 saturated heterocycles. The highest BCUT2D eigenvalue weighted by Gasteiger charge is 2.12. The third-order valence-electron chi connectivity index (χ3n) is 3.45. The van der Waals surface area contributed by atoms with E-state index in [4.69, 9.17) is 4.74 Å². The quantitative estimate of drug-likeness (QED) is 0.360. The lowest BCUT2D eigenvalue weighted by Gasteiger charge is -2.08. The molecule has 0 fully saturated rings. The summed E-state index contributed by atoms with van der Waals surface area (Å²) in [6.07, 6.45) is 0. The molecule has 3 aromatic carbocycles. The van der Waals surface area contributed by atoms with Crippen LogP contribution >= 0.6 is 22.6 Å². The summed E-state index contributed by atoms with van der Waals surface area (Å²) in [5.74, 6) is -0.183. The van der Waals surface area contributed by atoms with Gasteiger partial charge in [0.2, 0.25) is 0 Å². The molecular weight excluding hydrogens is 429 g/mol. The van der Waals surface area contributed by atoms with Gasteiger partial charge in [-0.2, -0.15) is 0 Å². The Hall–Kier alpha value is -2.67. The number of hydrogen-bond acceptors (Lipinski definition) is 3. The van der Waals surface area contributed by atoms with Gasteiger partial charge >= 0.3 is 5.97 Å². The first-order valence-electron chi connectivity index (χ1n) is 7.56. The van der Waals surface area contributed by atoms with Gasteiger partial charge in [-0.15, -0.1) is 0 Å². The Bertz CT molecular complexity index is 892. The SMILES string of the molecule is O=C(Nc1ccc(OC(=O)c2ccccc2I)cc1)c1ccccc1. The van der Waals surface area contributed by atoms with Gasteiger partial charge in [0.1, 0.15) is 5.75 Å². The van der Waals surface area contributed by atoms with Crippen LogP contribution in [0.2, 0.25) is 0 Å². The first kappa shape index (κ1) is 17.2. The van der Waals surface area contributed by atoms with E-state index >= 15 is 0 Å². The highest BCUT2D eigenvalue weighted by molar-refractivity contribution is 14.1. The third kappa shape index (κ3) is 4.45. The van der Waals surface area contributed by atoms with Crippen molar-refractivity contribution in [3.63, 3.8) is 0 Å². The minimum Gasteiger partial charge on any atom is -0.423 e. The topological polar surface area (TPSA) is 55.4 Å². The summed E-state index contributed by atoms with van der Waals surface area (Å²) in [6, 6.07) is 22.9. The number of halogens is 1. The van der Waals surface area contributed by atoms with Crippen LogP contribution in [-0.4, -0.2) is 11.9 Å². The van der Waals surface area contributed by atoms with E-state index in [-0.39, 0.29) is 5.91 Å². The number of carbonyl (C=O) groups excluding carboxylic acids is 2. The van der Waals surface area contributed by atoms with Crippen LogP contribution in [0, 0.1) is 3.57 Å². The second-order valence-electron chi connectivity index (χ2n) is 5.21. The Morgan fingerprint density at radius 3 is 2.12 bits per heavy atom. The second kappa shape index (κ2) is 7.94. The molecule has 1 amide bonds. The van der Waals surface area contributed by atoms with Gasteiger partial charge in [-0.3, -0.25) is 4.79 Å². The monoisotopic (exact) mass is 443 g/mol. The average Bonchev–Trinajstić information content (AvgIpc) is 2.64. The number of benzene rings is 3. The van der Waals surface area contributed by atoms with Gasteiger partial charge in [0.15, 0.2) is 0 Å². The molecule has 5 heteroatoms. The smallest absolute Gasteiger partial charge is 0.344 e. The predicted octanol–water partition coefficient (Wildman–Crippen LogP) is 4.76. The zero-order valence-corrected chi connectivity index (χ0v) is 15.3. The van der Waals surface area contributed by atoms with E-state index in [1.807, 2.05) is 30.3 Å². The first-order chi connectivity index (χ1) is 12.1.